The average molecular weight is 467 g/mol. The van der Waals surface area contributed by atoms with Crippen molar-refractivity contribution >= 4 is 17.5 Å². The topological polar surface area (TPSA) is 67.2 Å². The van der Waals surface area contributed by atoms with Crippen molar-refractivity contribution in [1.82, 2.24) is 14.7 Å². The van der Waals surface area contributed by atoms with Crippen LogP contribution in [-0.2, 0) is 11.3 Å². The third-order valence-corrected chi connectivity index (χ3v) is 6.00. The summed E-state index contributed by atoms with van der Waals surface area (Å²) in [6, 6.07) is 21.6. The van der Waals surface area contributed by atoms with E-state index in [-0.39, 0.29) is 18.4 Å². The van der Waals surface area contributed by atoms with E-state index in [9.17, 15) is 9.59 Å². The summed E-state index contributed by atoms with van der Waals surface area (Å²) in [6.07, 6.45) is 3.69. The molecule has 0 aliphatic carbocycles. The number of anilines is 1. The highest BCUT2D eigenvalue weighted by Crippen LogP contribution is 2.26. The number of aryl methyl sites for hydroxylation is 3. The Bertz CT molecular complexity index is 1320. The number of benzene rings is 3. The smallest absolute Gasteiger partial charge is 0.254 e. The minimum Gasteiger partial charge on any atom is -0.332 e. The average Bonchev–Trinajstić information content (AvgIpc) is 3.34. The van der Waals surface area contributed by atoms with Gasteiger partial charge in [-0.15, -0.1) is 0 Å². The highest BCUT2D eigenvalue weighted by Gasteiger charge is 2.19. The molecule has 0 spiro atoms. The minimum absolute atomic E-state index is 0.0390. The summed E-state index contributed by atoms with van der Waals surface area (Å²) in [4.78, 5) is 27.5. The Balaban J connectivity index is 1.48. The maximum atomic E-state index is 13.3. The zero-order chi connectivity index (χ0) is 24.9. The molecular weight excluding hydrogens is 436 g/mol. The number of likely N-dealkylation sites (N-methyl/N-ethyl adjacent to an activating group) is 1. The van der Waals surface area contributed by atoms with Crippen molar-refractivity contribution in [3.05, 3.63) is 107 Å². The first-order chi connectivity index (χ1) is 16.8. The summed E-state index contributed by atoms with van der Waals surface area (Å²) in [5.74, 6) is -0.426. The molecule has 0 radical (unpaired) electrons. The van der Waals surface area contributed by atoms with Crippen molar-refractivity contribution < 1.29 is 9.59 Å². The van der Waals surface area contributed by atoms with Crippen LogP contribution in [0.1, 0.15) is 32.6 Å². The van der Waals surface area contributed by atoms with Gasteiger partial charge >= 0.3 is 0 Å². The summed E-state index contributed by atoms with van der Waals surface area (Å²) in [5, 5.41) is 7.22. The van der Waals surface area contributed by atoms with E-state index in [4.69, 9.17) is 0 Å². The fourth-order valence-corrected chi connectivity index (χ4v) is 4.34. The van der Waals surface area contributed by atoms with Crippen LogP contribution in [0.5, 0.6) is 0 Å². The van der Waals surface area contributed by atoms with Crippen molar-refractivity contribution in [1.29, 1.82) is 0 Å². The molecule has 1 heterocycles. The van der Waals surface area contributed by atoms with Gasteiger partial charge in [-0.25, -0.2) is 0 Å². The van der Waals surface area contributed by atoms with Crippen LogP contribution in [0.3, 0.4) is 0 Å². The van der Waals surface area contributed by atoms with E-state index in [0.717, 1.165) is 39.1 Å². The summed E-state index contributed by atoms with van der Waals surface area (Å²) in [5.41, 5.74) is 7.43. The van der Waals surface area contributed by atoms with Crippen LogP contribution in [0.25, 0.3) is 11.1 Å². The van der Waals surface area contributed by atoms with Gasteiger partial charge in [-0.2, -0.15) is 5.10 Å². The van der Waals surface area contributed by atoms with Crippen LogP contribution in [0.2, 0.25) is 0 Å². The molecule has 4 rings (SSSR count). The fraction of sp³-hybridized carbons (Fsp3) is 0.207. The lowest BCUT2D eigenvalue weighted by Crippen LogP contribution is -2.35. The van der Waals surface area contributed by atoms with Crippen molar-refractivity contribution in [2.24, 2.45) is 0 Å². The zero-order valence-electron chi connectivity index (χ0n) is 20.6. The Morgan fingerprint density at radius 3 is 2.29 bits per heavy atom. The molecule has 6 nitrogen and oxygen atoms in total. The molecule has 0 aliphatic rings. The predicted molar refractivity (Wildman–Crippen MR) is 139 cm³/mol. The van der Waals surface area contributed by atoms with Gasteiger partial charge in [0, 0.05) is 30.7 Å². The number of amides is 2. The van der Waals surface area contributed by atoms with Crippen LogP contribution in [0.4, 0.5) is 5.69 Å². The van der Waals surface area contributed by atoms with Gasteiger partial charge in [0.15, 0.2) is 0 Å². The van der Waals surface area contributed by atoms with E-state index < -0.39 is 0 Å². The summed E-state index contributed by atoms with van der Waals surface area (Å²) in [7, 11) is 1.65. The molecule has 0 aliphatic heterocycles. The van der Waals surface area contributed by atoms with E-state index in [2.05, 4.69) is 10.4 Å². The molecule has 0 saturated carbocycles. The quantitative estimate of drug-likeness (QED) is 0.405. The lowest BCUT2D eigenvalue weighted by molar-refractivity contribution is -0.116. The van der Waals surface area contributed by atoms with E-state index in [1.807, 2.05) is 92.3 Å². The minimum atomic E-state index is -0.226. The Morgan fingerprint density at radius 2 is 1.63 bits per heavy atom. The van der Waals surface area contributed by atoms with Crippen LogP contribution in [-0.4, -0.2) is 40.1 Å². The zero-order valence-corrected chi connectivity index (χ0v) is 20.6. The number of nitrogens with one attached hydrogen (secondary N) is 1. The largest absolute Gasteiger partial charge is 0.332 e. The number of aromatic nitrogens is 2. The first-order valence-electron chi connectivity index (χ1n) is 11.6. The van der Waals surface area contributed by atoms with Crippen LogP contribution >= 0.6 is 0 Å². The van der Waals surface area contributed by atoms with Crippen molar-refractivity contribution in [3.63, 3.8) is 0 Å². The van der Waals surface area contributed by atoms with Gasteiger partial charge in [0.25, 0.3) is 5.91 Å². The van der Waals surface area contributed by atoms with Gasteiger partial charge in [-0.3, -0.25) is 14.3 Å². The molecule has 0 atom stereocenters. The van der Waals surface area contributed by atoms with Gasteiger partial charge in [0.1, 0.15) is 0 Å². The Kier molecular flexibility index (Phi) is 7.11. The summed E-state index contributed by atoms with van der Waals surface area (Å²) < 4.78 is 1.87. The molecule has 1 aromatic heterocycles. The normalized spacial score (nSPS) is 10.7. The molecule has 0 unspecified atom stereocenters. The second-order valence-corrected chi connectivity index (χ2v) is 8.93. The number of rotatable bonds is 7. The molecule has 0 bridgehead atoms. The molecule has 35 heavy (non-hydrogen) atoms. The van der Waals surface area contributed by atoms with E-state index in [1.165, 1.54) is 4.90 Å². The molecule has 0 saturated heterocycles. The van der Waals surface area contributed by atoms with Crippen molar-refractivity contribution in [2.45, 2.75) is 27.3 Å². The molecular formula is C29H30N4O2. The Hall–Kier alpha value is -4.19. The molecule has 1 N–H and O–H groups in total. The maximum Gasteiger partial charge on any atom is 0.254 e. The number of carbonyl (C=O) groups is 2. The predicted octanol–water partition coefficient (Wildman–Crippen LogP) is 5.23. The van der Waals surface area contributed by atoms with Crippen molar-refractivity contribution in [3.8, 4) is 11.1 Å². The van der Waals surface area contributed by atoms with Crippen LogP contribution in [0.15, 0.2) is 79.1 Å². The van der Waals surface area contributed by atoms with E-state index in [1.54, 1.807) is 19.3 Å². The molecule has 4 aromatic rings. The van der Waals surface area contributed by atoms with Gasteiger partial charge in [0.2, 0.25) is 5.91 Å². The lowest BCUT2D eigenvalue weighted by Gasteiger charge is -2.20. The summed E-state index contributed by atoms with van der Waals surface area (Å²) >= 11 is 0. The molecule has 3 aromatic carbocycles. The van der Waals surface area contributed by atoms with Gasteiger partial charge in [-0.1, -0.05) is 60.2 Å². The third-order valence-electron chi connectivity index (χ3n) is 6.00. The fourth-order valence-electron chi connectivity index (χ4n) is 4.34. The molecule has 0 fully saturated rings. The highest BCUT2D eigenvalue weighted by molar-refractivity contribution is 6.03. The second kappa shape index (κ2) is 10.4. The van der Waals surface area contributed by atoms with E-state index >= 15 is 0 Å². The number of hydrogen-bond donors (Lipinski definition) is 1. The highest BCUT2D eigenvalue weighted by atomic mass is 16.2. The lowest BCUT2D eigenvalue weighted by atomic mass is 9.98. The Labute approximate surface area is 206 Å². The first kappa shape index (κ1) is 24.0. The molecule has 2 amide bonds. The molecule has 178 valence electrons. The van der Waals surface area contributed by atoms with E-state index in [0.29, 0.717) is 12.1 Å². The Morgan fingerprint density at radius 1 is 0.943 bits per heavy atom. The monoisotopic (exact) mass is 466 g/mol. The SMILES string of the molecule is Cc1cc(C)c(NC(=O)CN(C)C(=O)c2ccccc2-c2ccc(Cn3cccn3)cc2)c(C)c1. The summed E-state index contributed by atoms with van der Waals surface area (Å²) in [6.45, 7) is 6.62. The third kappa shape index (κ3) is 5.66. The van der Waals surface area contributed by atoms with Crippen LogP contribution in [0, 0.1) is 20.8 Å². The standard InChI is InChI=1S/C29H30N4O2/c1-20-16-21(2)28(22(3)17-20)31-27(34)19-32(4)29(35)26-9-6-5-8-25(26)24-12-10-23(11-13-24)18-33-15-7-14-30-33/h5-17H,18-19H2,1-4H3,(H,31,34). The van der Waals surface area contributed by atoms with Crippen LogP contribution < -0.4 is 5.32 Å². The van der Waals surface area contributed by atoms with Gasteiger partial charge < -0.3 is 10.2 Å². The number of carbonyl (C=O) groups excluding carboxylic acids is 2. The van der Waals surface area contributed by atoms with Gasteiger partial charge in [-0.05, 0) is 60.7 Å². The van der Waals surface area contributed by atoms with Gasteiger partial charge in [0.05, 0.1) is 13.1 Å². The maximum absolute atomic E-state index is 13.3. The molecule has 6 heteroatoms. The number of hydrogen-bond acceptors (Lipinski definition) is 3. The first-order valence-corrected chi connectivity index (χ1v) is 11.6. The number of nitrogens with zero attached hydrogens (tertiary/aromatic N) is 3. The van der Waals surface area contributed by atoms with Crippen molar-refractivity contribution in [2.75, 3.05) is 18.9 Å². The second-order valence-electron chi connectivity index (χ2n) is 8.93.